The summed E-state index contributed by atoms with van der Waals surface area (Å²) in [6, 6.07) is 12.6. The first kappa shape index (κ1) is 23.9. The summed E-state index contributed by atoms with van der Waals surface area (Å²) < 4.78 is 18.6. The summed E-state index contributed by atoms with van der Waals surface area (Å²) in [5.74, 6) is 2.52. The number of furan rings is 1. The molecule has 1 atom stereocenters. The first-order chi connectivity index (χ1) is 18.4. The fourth-order valence-corrected chi connectivity index (χ4v) is 4.72. The molecule has 0 fully saturated rings. The van der Waals surface area contributed by atoms with Crippen LogP contribution in [0.4, 0.5) is 0 Å². The normalized spacial score (nSPS) is 13.9. The molecule has 0 bridgehead atoms. The van der Waals surface area contributed by atoms with Crippen molar-refractivity contribution >= 4 is 10.9 Å². The Morgan fingerprint density at radius 1 is 1.11 bits per heavy atom. The number of benzene rings is 1. The molecule has 0 amide bonds. The van der Waals surface area contributed by atoms with Crippen molar-refractivity contribution in [1.29, 1.82) is 0 Å². The van der Waals surface area contributed by atoms with Gasteiger partial charge in [0.05, 0.1) is 23.9 Å². The number of hydrogen-bond acceptors (Lipinski definition) is 9. The molecule has 1 N–H and O–H groups in total. The van der Waals surface area contributed by atoms with Gasteiger partial charge in [0.2, 0.25) is 6.79 Å². The molecule has 1 aromatic carbocycles. The number of aromatic nitrogens is 6. The number of fused-ring (bicyclic) bond motifs is 2. The van der Waals surface area contributed by atoms with Crippen LogP contribution in [0.3, 0.4) is 0 Å². The number of rotatable bonds is 7. The quantitative estimate of drug-likeness (QED) is 0.346. The third-order valence-electron chi connectivity index (χ3n) is 6.45. The van der Waals surface area contributed by atoms with Crippen LogP contribution < -0.4 is 15.0 Å². The van der Waals surface area contributed by atoms with Crippen molar-refractivity contribution in [2.45, 2.75) is 45.4 Å². The number of tetrazole rings is 1. The Hall–Kier alpha value is -4.51. The highest BCUT2D eigenvalue weighted by atomic mass is 16.7. The average Bonchev–Trinajstić information content (AvgIpc) is 3.66. The lowest BCUT2D eigenvalue weighted by molar-refractivity contribution is 0.171. The Labute approximate surface area is 218 Å². The molecule has 0 spiro atoms. The number of H-pyrrole nitrogens is 1. The van der Waals surface area contributed by atoms with Crippen LogP contribution in [0.5, 0.6) is 11.5 Å². The lowest BCUT2D eigenvalue weighted by Crippen LogP contribution is -2.37. The monoisotopic (exact) mass is 513 g/mol. The van der Waals surface area contributed by atoms with E-state index >= 15 is 0 Å². The Morgan fingerprint density at radius 2 is 1.95 bits per heavy atom. The van der Waals surface area contributed by atoms with Gasteiger partial charge in [-0.05, 0) is 67.1 Å². The number of ether oxygens (including phenoxy) is 2. The van der Waals surface area contributed by atoms with Crippen LogP contribution in [0.1, 0.15) is 49.5 Å². The Balaban J connectivity index is 1.55. The topological polar surface area (TPSA) is 124 Å². The van der Waals surface area contributed by atoms with E-state index in [0.29, 0.717) is 41.5 Å². The van der Waals surface area contributed by atoms with Gasteiger partial charge in [0.15, 0.2) is 17.3 Å². The third-order valence-corrected chi connectivity index (χ3v) is 6.45. The van der Waals surface area contributed by atoms with E-state index in [2.05, 4.69) is 30.4 Å². The van der Waals surface area contributed by atoms with E-state index in [9.17, 15) is 4.79 Å². The molecule has 4 aromatic heterocycles. The zero-order chi connectivity index (χ0) is 26.3. The fourth-order valence-electron chi connectivity index (χ4n) is 4.72. The fraction of sp³-hybridized carbons (Fsp3) is 0.296. The Kier molecular flexibility index (Phi) is 5.91. The van der Waals surface area contributed by atoms with Gasteiger partial charge in [-0.15, -0.1) is 5.10 Å². The molecule has 0 saturated carbocycles. The van der Waals surface area contributed by atoms with E-state index in [1.54, 1.807) is 23.2 Å². The molecule has 0 radical (unpaired) electrons. The van der Waals surface area contributed by atoms with Crippen molar-refractivity contribution in [3.8, 4) is 11.5 Å². The van der Waals surface area contributed by atoms with Crippen LogP contribution >= 0.6 is 0 Å². The second-order valence-corrected chi connectivity index (χ2v) is 10.2. The SMILES string of the molecule is CC(C)(C)n1nnnc1C(c1cc2cc3c(cc2[nH]c1=O)OCO3)N(Cc1cccnc1)Cc1ccco1. The Morgan fingerprint density at radius 3 is 2.68 bits per heavy atom. The summed E-state index contributed by atoms with van der Waals surface area (Å²) in [6.45, 7) is 7.08. The molecule has 5 aromatic rings. The van der Waals surface area contributed by atoms with Crippen LogP contribution in [-0.2, 0) is 18.6 Å². The standard InChI is InChI=1S/C27H27N7O4/c1-27(2,3)34-25(30-31-32-34)24(33(15-19-7-5-9-36-19)14-17-6-4-8-28-13-17)20-10-18-11-22-23(38-16-37-22)12-21(18)29-26(20)35/h4-13,24H,14-16H2,1-3H3,(H,29,35). The highest BCUT2D eigenvalue weighted by Gasteiger charge is 2.34. The second-order valence-electron chi connectivity index (χ2n) is 10.2. The molecular formula is C27H27N7O4. The van der Waals surface area contributed by atoms with Crippen LogP contribution in [0.2, 0.25) is 0 Å². The lowest BCUT2D eigenvalue weighted by atomic mass is 10.0. The molecule has 6 rings (SSSR count). The van der Waals surface area contributed by atoms with E-state index in [0.717, 1.165) is 16.7 Å². The number of aromatic amines is 1. The van der Waals surface area contributed by atoms with Gasteiger partial charge >= 0.3 is 0 Å². The first-order valence-electron chi connectivity index (χ1n) is 12.3. The zero-order valence-corrected chi connectivity index (χ0v) is 21.3. The molecule has 0 aliphatic carbocycles. The van der Waals surface area contributed by atoms with E-state index < -0.39 is 11.6 Å². The maximum Gasteiger partial charge on any atom is 0.253 e. The summed E-state index contributed by atoms with van der Waals surface area (Å²) in [4.78, 5) is 23.2. The van der Waals surface area contributed by atoms with Crippen molar-refractivity contribution in [3.63, 3.8) is 0 Å². The highest BCUT2D eigenvalue weighted by Crippen LogP contribution is 2.37. The zero-order valence-electron chi connectivity index (χ0n) is 21.3. The number of hydrogen-bond donors (Lipinski definition) is 1. The summed E-state index contributed by atoms with van der Waals surface area (Å²) in [5, 5.41) is 13.6. The molecule has 11 heteroatoms. The summed E-state index contributed by atoms with van der Waals surface area (Å²) in [5.41, 5.74) is 1.44. The predicted octanol–water partition coefficient (Wildman–Crippen LogP) is 3.78. The molecule has 5 heterocycles. The largest absolute Gasteiger partial charge is 0.468 e. The first-order valence-corrected chi connectivity index (χ1v) is 12.3. The summed E-state index contributed by atoms with van der Waals surface area (Å²) in [6.07, 6.45) is 5.18. The maximum atomic E-state index is 13.7. The summed E-state index contributed by atoms with van der Waals surface area (Å²) >= 11 is 0. The van der Waals surface area contributed by atoms with Crippen molar-refractivity contribution in [2.75, 3.05) is 6.79 Å². The second kappa shape index (κ2) is 9.42. The number of nitrogens with zero attached hydrogens (tertiary/aromatic N) is 6. The van der Waals surface area contributed by atoms with Crippen LogP contribution in [0.25, 0.3) is 10.9 Å². The summed E-state index contributed by atoms with van der Waals surface area (Å²) in [7, 11) is 0. The minimum atomic E-state index is -0.617. The number of pyridine rings is 2. The van der Waals surface area contributed by atoms with Gasteiger partial charge in [-0.2, -0.15) is 0 Å². The van der Waals surface area contributed by atoms with E-state index in [1.807, 2.05) is 63.4 Å². The molecule has 1 aliphatic rings. The van der Waals surface area contributed by atoms with Gasteiger partial charge < -0.3 is 18.9 Å². The third kappa shape index (κ3) is 4.52. The van der Waals surface area contributed by atoms with Gasteiger partial charge in [0.25, 0.3) is 5.56 Å². The van der Waals surface area contributed by atoms with Crippen LogP contribution in [0, 0.1) is 0 Å². The molecule has 38 heavy (non-hydrogen) atoms. The average molecular weight is 514 g/mol. The molecule has 194 valence electrons. The van der Waals surface area contributed by atoms with Gasteiger partial charge in [-0.3, -0.25) is 14.7 Å². The van der Waals surface area contributed by atoms with Gasteiger partial charge in [0, 0.05) is 36.0 Å². The van der Waals surface area contributed by atoms with Gasteiger partial charge in [-0.1, -0.05) is 6.07 Å². The molecule has 11 nitrogen and oxygen atoms in total. The van der Waals surface area contributed by atoms with E-state index in [-0.39, 0.29) is 12.4 Å². The van der Waals surface area contributed by atoms with Crippen molar-refractivity contribution in [2.24, 2.45) is 0 Å². The molecule has 1 unspecified atom stereocenters. The van der Waals surface area contributed by atoms with Gasteiger partial charge in [-0.25, -0.2) is 4.68 Å². The molecular weight excluding hydrogens is 486 g/mol. The van der Waals surface area contributed by atoms with Crippen molar-refractivity contribution < 1.29 is 13.9 Å². The molecule has 0 saturated heterocycles. The van der Waals surface area contributed by atoms with Crippen molar-refractivity contribution in [3.05, 3.63) is 94.2 Å². The van der Waals surface area contributed by atoms with Crippen LogP contribution in [-0.4, -0.2) is 41.9 Å². The van der Waals surface area contributed by atoms with Crippen molar-refractivity contribution in [1.82, 2.24) is 35.1 Å². The smallest absolute Gasteiger partial charge is 0.253 e. The molecule has 1 aliphatic heterocycles. The minimum absolute atomic E-state index is 0.147. The minimum Gasteiger partial charge on any atom is -0.468 e. The lowest BCUT2D eigenvalue weighted by Gasteiger charge is -2.32. The van der Waals surface area contributed by atoms with E-state index in [1.165, 1.54) is 0 Å². The van der Waals surface area contributed by atoms with Crippen LogP contribution in [0.15, 0.2) is 70.3 Å². The number of nitrogens with one attached hydrogen (secondary N) is 1. The highest BCUT2D eigenvalue weighted by molar-refractivity contribution is 5.83. The predicted molar refractivity (Wildman–Crippen MR) is 138 cm³/mol. The maximum absolute atomic E-state index is 13.7. The Bertz CT molecular complexity index is 1620. The van der Waals surface area contributed by atoms with Gasteiger partial charge in [0.1, 0.15) is 11.8 Å². The van der Waals surface area contributed by atoms with E-state index in [4.69, 9.17) is 13.9 Å².